The maximum Gasteiger partial charge on any atom is 0.257 e. The fourth-order valence-corrected chi connectivity index (χ4v) is 1.59. The van der Waals surface area contributed by atoms with E-state index in [0.717, 1.165) is 0 Å². The Hall–Kier alpha value is -2.08. The van der Waals surface area contributed by atoms with Crippen molar-refractivity contribution in [3.05, 3.63) is 23.8 Å². The Morgan fingerprint density at radius 3 is 2.55 bits per heavy atom. The lowest BCUT2D eigenvalue weighted by atomic mass is 10.1. The highest BCUT2D eigenvalue weighted by Crippen LogP contribution is 2.23. The van der Waals surface area contributed by atoms with E-state index >= 15 is 0 Å². The molecule has 0 heterocycles. The number of hydrogen-bond acceptors (Lipinski definition) is 4. The van der Waals surface area contributed by atoms with Crippen LogP contribution in [0.3, 0.4) is 0 Å². The molecule has 110 valence electrons. The zero-order valence-electron chi connectivity index (χ0n) is 12.2. The van der Waals surface area contributed by atoms with Gasteiger partial charge in [0.1, 0.15) is 12.4 Å². The minimum absolute atomic E-state index is 0.0144. The summed E-state index contributed by atoms with van der Waals surface area (Å²) in [6.45, 7) is 2.27. The van der Waals surface area contributed by atoms with Crippen molar-refractivity contribution in [2.75, 3.05) is 39.7 Å². The molecule has 1 aromatic carbocycles. The molecule has 0 aliphatic rings. The van der Waals surface area contributed by atoms with Crippen LogP contribution in [0.2, 0.25) is 0 Å². The number of carbonyl (C=O) groups excluding carboxylic acids is 2. The van der Waals surface area contributed by atoms with Gasteiger partial charge in [-0.3, -0.25) is 9.59 Å². The van der Waals surface area contributed by atoms with Crippen molar-refractivity contribution in [3.63, 3.8) is 0 Å². The monoisotopic (exact) mass is 280 g/mol. The van der Waals surface area contributed by atoms with E-state index in [4.69, 9.17) is 9.47 Å². The second-order valence-electron chi connectivity index (χ2n) is 4.30. The number of amides is 2. The summed E-state index contributed by atoms with van der Waals surface area (Å²) in [4.78, 5) is 25.1. The molecule has 20 heavy (non-hydrogen) atoms. The Morgan fingerprint density at radius 1 is 1.30 bits per heavy atom. The molecule has 1 aromatic rings. The van der Waals surface area contributed by atoms with Gasteiger partial charge in [-0.1, -0.05) is 0 Å². The second-order valence-corrected chi connectivity index (χ2v) is 4.30. The van der Waals surface area contributed by atoms with Gasteiger partial charge in [0.05, 0.1) is 12.7 Å². The number of benzene rings is 1. The van der Waals surface area contributed by atoms with Crippen molar-refractivity contribution in [1.29, 1.82) is 0 Å². The molecule has 0 aliphatic carbocycles. The highest BCUT2D eigenvalue weighted by Gasteiger charge is 2.15. The quantitative estimate of drug-likeness (QED) is 0.854. The third-order valence-corrected chi connectivity index (χ3v) is 2.56. The SMILES string of the molecule is CCOCC(=O)Nc1ccc(OC)c(C(=O)N(C)C)c1. The number of nitrogens with zero attached hydrogens (tertiary/aromatic N) is 1. The van der Waals surface area contributed by atoms with Gasteiger partial charge in [0.2, 0.25) is 5.91 Å². The molecule has 1 rings (SSSR count). The van der Waals surface area contributed by atoms with Crippen molar-refractivity contribution in [3.8, 4) is 5.75 Å². The van der Waals surface area contributed by atoms with Crippen molar-refractivity contribution in [1.82, 2.24) is 4.90 Å². The number of methoxy groups -OCH3 is 1. The van der Waals surface area contributed by atoms with Crippen LogP contribution in [0.4, 0.5) is 5.69 Å². The Morgan fingerprint density at radius 2 is 2.00 bits per heavy atom. The predicted octanol–water partition coefficient (Wildman–Crippen LogP) is 1.37. The Kier molecular flexibility index (Phi) is 5.99. The molecule has 0 saturated heterocycles. The van der Waals surface area contributed by atoms with Crippen molar-refractivity contribution >= 4 is 17.5 Å². The molecule has 0 atom stereocenters. The highest BCUT2D eigenvalue weighted by molar-refractivity contribution is 5.99. The van der Waals surface area contributed by atoms with Crippen LogP contribution in [0.25, 0.3) is 0 Å². The van der Waals surface area contributed by atoms with Crippen molar-refractivity contribution in [2.24, 2.45) is 0 Å². The fraction of sp³-hybridized carbons (Fsp3) is 0.429. The second kappa shape index (κ2) is 7.49. The fourth-order valence-electron chi connectivity index (χ4n) is 1.59. The van der Waals surface area contributed by atoms with Crippen LogP contribution in [-0.2, 0) is 9.53 Å². The van der Waals surface area contributed by atoms with Crippen LogP contribution in [0, 0.1) is 0 Å². The average Bonchev–Trinajstić information content (AvgIpc) is 2.44. The van der Waals surface area contributed by atoms with Crippen LogP contribution in [0.15, 0.2) is 18.2 Å². The summed E-state index contributed by atoms with van der Waals surface area (Å²) in [7, 11) is 4.80. The number of nitrogens with one attached hydrogen (secondary N) is 1. The van der Waals surface area contributed by atoms with Crippen molar-refractivity contribution in [2.45, 2.75) is 6.92 Å². The highest BCUT2D eigenvalue weighted by atomic mass is 16.5. The molecule has 0 spiro atoms. The molecule has 0 aliphatic heterocycles. The van der Waals surface area contributed by atoms with E-state index in [9.17, 15) is 9.59 Å². The average molecular weight is 280 g/mol. The smallest absolute Gasteiger partial charge is 0.257 e. The largest absolute Gasteiger partial charge is 0.496 e. The van der Waals surface area contributed by atoms with E-state index in [2.05, 4.69) is 5.32 Å². The first-order chi connectivity index (χ1) is 9.49. The zero-order chi connectivity index (χ0) is 15.1. The molecule has 0 unspecified atom stereocenters. The third-order valence-electron chi connectivity index (χ3n) is 2.56. The first-order valence-corrected chi connectivity index (χ1v) is 6.26. The van der Waals surface area contributed by atoms with Gasteiger partial charge in [0.25, 0.3) is 5.91 Å². The molecule has 0 saturated carbocycles. The van der Waals surface area contributed by atoms with Gasteiger partial charge >= 0.3 is 0 Å². The van der Waals surface area contributed by atoms with Gasteiger partial charge in [-0.15, -0.1) is 0 Å². The zero-order valence-corrected chi connectivity index (χ0v) is 12.2. The standard InChI is InChI=1S/C14H20N2O4/c1-5-20-9-13(17)15-10-6-7-12(19-4)11(8-10)14(18)16(2)3/h6-8H,5,9H2,1-4H3,(H,15,17). The van der Waals surface area contributed by atoms with Gasteiger partial charge in [0, 0.05) is 26.4 Å². The van der Waals surface area contributed by atoms with Crippen LogP contribution >= 0.6 is 0 Å². The van der Waals surface area contributed by atoms with E-state index < -0.39 is 0 Å². The molecule has 1 N–H and O–H groups in total. The maximum atomic E-state index is 12.0. The summed E-state index contributed by atoms with van der Waals surface area (Å²) in [5, 5.41) is 2.67. The summed E-state index contributed by atoms with van der Waals surface area (Å²) in [6, 6.07) is 4.91. The van der Waals surface area contributed by atoms with Gasteiger partial charge in [0.15, 0.2) is 0 Å². The lowest BCUT2D eigenvalue weighted by molar-refractivity contribution is -0.120. The number of anilines is 1. The normalized spacial score (nSPS) is 10.0. The van der Waals surface area contributed by atoms with E-state index in [1.807, 2.05) is 6.92 Å². The number of carbonyl (C=O) groups is 2. The van der Waals surface area contributed by atoms with Crippen LogP contribution < -0.4 is 10.1 Å². The minimum atomic E-state index is -0.264. The van der Waals surface area contributed by atoms with Gasteiger partial charge in [-0.2, -0.15) is 0 Å². The minimum Gasteiger partial charge on any atom is -0.496 e. The lowest BCUT2D eigenvalue weighted by Crippen LogP contribution is -2.23. The first-order valence-electron chi connectivity index (χ1n) is 6.26. The van der Waals surface area contributed by atoms with Gasteiger partial charge < -0.3 is 19.7 Å². The molecular formula is C14H20N2O4. The van der Waals surface area contributed by atoms with Gasteiger partial charge in [-0.25, -0.2) is 0 Å². The predicted molar refractivity (Wildman–Crippen MR) is 76.1 cm³/mol. The molecule has 6 heteroatoms. The summed E-state index contributed by atoms with van der Waals surface area (Å²) in [5.41, 5.74) is 0.924. The Labute approximate surface area is 118 Å². The molecule has 2 amide bonds. The summed E-state index contributed by atoms with van der Waals surface area (Å²) < 4.78 is 10.2. The lowest BCUT2D eigenvalue weighted by Gasteiger charge is -2.15. The number of hydrogen-bond donors (Lipinski definition) is 1. The summed E-state index contributed by atoms with van der Waals surface area (Å²) in [6.07, 6.45) is 0. The first kappa shape index (κ1) is 16.0. The van der Waals surface area contributed by atoms with E-state index in [-0.39, 0.29) is 18.4 Å². The number of ether oxygens (including phenoxy) is 2. The van der Waals surface area contributed by atoms with E-state index in [1.165, 1.54) is 12.0 Å². The van der Waals surface area contributed by atoms with Crippen molar-refractivity contribution < 1.29 is 19.1 Å². The molecular weight excluding hydrogens is 260 g/mol. The van der Waals surface area contributed by atoms with Gasteiger partial charge in [-0.05, 0) is 25.1 Å². The molecule has 0 radical (unpaired) electrons. The van der Waals surface area contributed by atoms with Crippen LogP contribution in [-0.4, -0.2) is 51.1 Å². The van der Waals surface area contributed by atoms with E-state index in [1.54, 1.807) is 32.3 Å². The molecule has 0 bridgehead atoms. The topological polar surface area (TPSA) is 67.9 Å². The summed E-state index contributed by atoms with van der Waals surface area (Å²) in [5.74, 6) is 0.00883. The Balaban J connectivity index is 2.92. The molecule has 6 nitrogen and oxygen atoms in total. The van der Waals surface area contributed by atoms with Crippen LogP contribution in [0.5, 0.6) is 5.75 Å². The summed E-state index contributed by atoms with van der Waals surface area (Å²) >= 11 is 0. The molecule has 0 fully saturated rings. The molecule has 0 aromatic heterocycles. The number of rotatable bonds is 6. The Bertz CT molecular complexity index is 486. The maximum absolute atomic E-state index is 12.0. The van der Waals surface area contributed by atoms with Crippen LogP contribution in [0.1, 0.15) is 17.3 Å². The van der Waals surface area contributed by atoms with E-state index in [0.29, 0.717) is 23.6 Å². The third kappa shape index (κ3) is 4.24.